The van der Waals surface area contributed by atoms with Crippen molar-refractivity contribution < 1.29 is 4.79 Å². The number of carbonyl (C=O) groups is 1. The summed E-state index contributed by atoms with van der Waals surface area (Å²) >= 11 is 0. The van der Waals surface area contributed by atoms with E-state index in [0.717, 1.165) is 0 Å². The van der Waals surface area contributed by atoms with Crippen molar-refractivity contribution in [3.8, 4) is 6.07 Å². The molecule has 0 bridgehead atoms. The summed E-state index contributed by atoms with van der Waals surface area (Å²) in [4.78, 5) is 11.4. The number of rotatable bonds is 3. The molecule has 1 aromatic rings. The predicted octanol–water partition coefficient (Wildman–Crippen LogP) is 0.602. The SMILES string of the molecule is N#CC/C(N)=N\NC(=O)c1ccccc1. The van der Waals surface area contributed by atoms with E-state index in [4.69, 9.17) is 11.0 Å². The summed E-state index contributed by atoms with van der Waals surface area (Å²) in [5.74, 6) is -0.265. The molecule has 0 aliphatic carbocycles. The highest BCUT2D eigenvalue weighted by Crippen LogP contribution is 1.97. The Hall–Kier alpha value is -2.35. The number of hydrogen-bond donors (Lipinski definition) is 2. The Morgan fingerprint density at radius 2 is 2.13 bits per heavy atom. The summed E-state index contributed by atoms with van der Waals surface area (Å²) < 4.78 is 0. The minimum atomic E-state index is -0.350. The van der Waals surface area contributed by atoms with Gasteiger partial charge in [-0.1, -0.05) is 18.2 Å². The second-order valence-electron chi connectivity index (χ2n) is 2.74. The van der Waals surface area contributed by atoms with Gasteiger partial charge in [0.15, 0.2) is 0 Å². The first-order chi connectivity index (χ1) is 7.24. The molecule has 5 nitrogen and oxygen atoms in total. The normalized spacial score (nSPS) is 10.5. The molecular formula is C10H10N4O. The molecule has 1 rings (SSSR count). The summed E-state index contributed by atoms with van der Waals surface area (Å²) in [6.45, 7) is 0. The number of hydrogen-bond acceptors (Lipinski definition) is 3. The van der Waals surface area contributed by atoms with Crippen LogP contribution in [0.3, 0.4) is 0 Å². The number of nitrogens with two attached hydrogens (primary N) is 1. The number of nitrogens with one attached hydrogen (secondary N) is 1. The lowest BCUT2D eigenvalue weighted by molar-refractivity contribution is 0.0954. The van der Waals surface area contributed by atoms with Gasteiger partial charge in [0.1, 0.15) is 5.84 Å². The van der Waals surface area contributed by atoms with E-state index in [1.165, 1.54) is 0 Å². The molecule has 0 aliphatic heterocycles. The number of benzene rings is 1. The van der Waals surface area contributed by atoms with Crippen LogP contribution in [0.4, 0.5) is 0 Å². The van der Waals surface area contributed by atoms with Crippen LogP contribution in [0.5, 0.6) is 0 Å². The molecule has 15 heavy (non-hydrogen) atoms. The number of nitriles is 1. The molecule has 0 unspecified atom stereocenters. The second kappa shape index (κ2) is 5.40. The van der Waals surface area contributed by atoms with Gasteiger partial charge in [-0.05, 0) is 12.1 Å². The average molecular weight is 202 g/mol. The quantitative estimate of drug-likeness (QED) is 0.427. The van der Waals surface area contributed by atoms with Crippen LogP contribution in [-0.4, -0.2) is 11.7 Å². The molecule has 0 fully saturated rings. The lowest BCUT2D eigenvalue weighted by Crippen LogP contribution is -2.22. The molecule has 0 heterocycles. The predicted molar refractivity (Wildman–Crippen MR) is 55.8 cm³/mol. The molecule has 0 saturated carbocycles. The van der Waals surface area contributed by atoms with Crippen molar-refractivity contribution in [1.82, 2.24) is 5.43 Å². The van der Waals surface area contributed by atoms with Crippen LogP contribution in [0.25, 0.3) is 0 Å². The van der Waals surface area contributed by atoms with Crippen molar-refractivity contribution in [2.75, 3.05) is 0 Å². The van der Waals surface area contributed by atoms with Gasteiger partial charge in [0.05, 0.1) is 12.5 Å². The van der Waals surface area contributed by atoms with Gasteiger partial charge in [-0.2, -0.15) is 10.4 Å². The van der Waals surface area contributed by atoms with Gasteiger partial charge >= 0.3 is 0 Å². The number of hydrazone groups is 1. The molecule has 0 saturated heterocycles. The van der Waals surface area contributed by atoms with Gasteiger partial charge in [-0.25, -0.2) is 5.43 Å². The third kappa shape index (κ3) is 3.48. The van der Waals surface area contributed by atoms with Crippen LogP contribution in [0.2, 0.25) is 0 Å². The minimum Gasteiger partial charge on any atom is -0.385 e. The zero-order chi connectivity index (χ0) is 11.1. The highest BCUT2D eigenvalue weighted by Gasteiger charge is 2.02. The molecule has 3 N–H and O–H groups in total. The Morgan fingerprint density at radius 3 is 2.73 bits per heavy atom. The van der Waals surface area contributed by atoms with Gasteiger partial charge in [0.2, 0.25) is 0 Å². The Bertz CT molecular complexity index is 405. The first-order valence-electron chi connectivity index (χ1n) is 4.28. The fraction of sp³-hybridized carbons (Fsp3) is 0.100. The maximum atomic E-state index is 11.4. The summed E-state index contributed by atoms with van der Waals surface area (Å²) in [6, 6.07) is 10.4. The molecular weight excluding hydrogens is 192 g/mol. The molecule has 0 radical (unpaired) electrons. The fourth-order valence-electron chi connectivity index (χ4n) is 0.897. The molecule has 76 valence electrons. The van der Waals surface area contributed by atoms with Gasteiger partial charge in [0.25, 0.3) is 5.91 Å². The summed E-state index contributed by atoms with van der Waals surface area (Å²) in [7, 11) is 0. The molecule has 0 atom stereocenters. The van der Waals surface area contributed by atoms with Crippen LogP contribution < -0.4 is 11.2 Å². The van der Waals surface area contributed by atoms with Crippen molar-refractivity contribution in [2.45, 2.75) is 6.42 Å². The van der Waals surface area contributed by atoms with Crippen LogP contribution in [0.15, 0.2) is 35.4 Å². The van der Waals surface area contributed by atoms with Crippen molar-refractivity contribution in [3.63, 3.8) is 0 Å². The molecule has 5 heteroatoms. The molecule has 0 spiro atoms. The zero-order valence-corrected chi connectivity index (χ0v) is 7.97. The monoisotopic (exact) mass is 202 g/mol. The van der Waals surface area contributed by atoms with Gasteiger partial charge in [-0.3, -0.25) is 4.79 Å². The van der Waals surface area contributed by atoms with Crippen LogP contribution in [0.1, 0.15) is 16.8 Å². The maximum absolute atomic E-state index is 11.4. The van der Waals surface area contributed by atoms with Gasteiger partial charge in [-0.15, -0.1) is 0 Å². The van der Waals surface area contributed by atoms with Crippen LogP contribution >= 0.6 is 0 Å². The molecule has 1 aromatic carbocycles. The fourth-order valence-corrected chi connectivity index (χ4v) is 0.897. The number of carbonyl (C=O) groups excluding carboxylic acids is 1. The lowest BCUT2D eigenvalue weighted by Gasteiger charge is -1.99. The Balaban J connectivity index is 2.58. The maximum Gasteiger partial charge on any atom is 0.271 e. The van der Waals surface area contributed by atoms with E-state index in [1.807, 2.05) is 12.1 Å². The van der Waals surface area contributed by atoms with Crippen molar-refractivity contribution in [1.29, 1.82) is 5.26 Å². The lowest BCUT2D eigenvalue weighted by atomic mass is 10.2. The highest BCUT2D eigenvalue weighted by molar-refractivity contribution is 5.95. The Morgan fingerprint density at radius 1 is 1.47 bits per heavy atom. The van der Waals surface area contributed by atoms with Crippen molar-refractivity contribution >= 4 is 11.7 Å². The Labute approximate surface area is 87.2 Å². The molecule has 0 aromatic heterocycles. The van der Waals surface area contributed by atoms with Crippen LogP contribution in [-0.2, 0) is 0 Å². The summed E-state index contributed by atoms with van der Waals surface area (Å²) in [5.41, 5.74) is 8.07. The number of amides is 1. The first-order valence-corrected chi connectivity index (χ1v) is 4.28. The summed E-state index contributed by atoms with van der Waals surface area (Å²) in [6.07, 6.45) is -0.00489. The average Bonchev–Trinajstić information content (AvgIpc) is 2.27. The van der Waals surface area contributed by atoms with Gasteiger partial charge < -0.3 is 5.73 Å². The minimum absolute atomic E-state index is 0.00489. The topological polar surface area (TPSA) is 91.3 Å². The third-order valence-electron chi connectivity index (χ3n) is 1.60. The van der Waals surface area contributed by atoms with Crippen molar-refractivity contribution in [3.05, 3.63) is 35.9 Å². The zero-order valence-electron chi connectivity index (χ0n) is 7.97. The van der Waals surface area contributed by atoms with E-state index in [9.17, 15) is 4.79 Å². The van der Waals surface area contributed by atoms with Gasteiger partial charge in [0, 0.05) is 5.56 Å². The third-order valence-corrected chi connectivity index (χ3v) is 1.60. The van der Waals surface area contributed by atoms with E-state index in [-0.39, 0.29) is 18.2 Å². The summed E-state index contributed by atoms with van der Waals surface area (Å²) in [5, 5.41) is 11.9. The Kier molecular flexibility index (Phi) is 3.86. The smallest absolute Gasteiger partial charge is 0.271 e. The van der Waals surface area contributed by atoms with E-state index in [1.54, 1.807) is 24.3 Å². The van der Waals surface area contributed by atoms with Crippen molar-refractivity contribution in [2.24, 2.45) is 10.8 Å². The number of amidine groups is 1. The first kappa shape index (κ1) is 10.7. The molecule has 0 aliphatic rings. The molecule has 1 amide bonds. The van der Waals surface area contributed by atoms with E-state index in [2.05, 4.69) is 10.5 Å². The standard InChI is InChI=1S/C10H10N4O/c11-7-6-9(12)13-14-10(15)8-4-2-1-3-5-8/h1-5H,6H2,(H2,12,13)(H,14,15). The van der Waals surface area contributed by atoms with E-state index < -0.39 is 0 Å². The number of nitrogens with zero attached hydrogens (tertiary/aromatic N) is 2. The van der Waals surface area contributed by atoms with Crippen LogP contribution in [0, 0.1) is 11.3 Å². The largest absolute Gasteiger partial charge is 0.385 e. The highest BCUT2D eigenvalue weighted by atomic mass is 16.2. The van der Waals surface area contributed by atoms with E-state index in [0.29, 0.717) is 5.56 Å². The second-order valence-corrected chi connectivity index (χ2v) is 2.74. The van der Waals surface area contributed by atoms with E-state index >= 15 is 0 Å².